The summed E-state index contributed by atoms with van der Waals surface area (Å²) in [6.45, 7) is 1.81. The monoisotopic (exact) mass is 374 g/mol. The third-order valence-corrected chi connectivity index (χ3v) is 4.10. The number of alkyl halides is 3. The summed E-state index contributed by atoms with van der Waals surface area (Å²) in [7, 11) is 1.55. The summed E-state index contributed by atoms with van der Waals surface area (Å²) in [4.78, 5) is 20.5. The Morgan fingerprint density at radius 2 is 1.96 bits per heavy atom. The molecule has 8 heteroatoms. The van der Waals surface area contributed by atoms with E-state index in [1.165, 1.54) is 6.07 Å². The van der Waals surface area contributed by atoms with E-state index in [-0.39, 0.29) is 17.8 Å². The summed E-state index contributed by atoms with van der Waals surface area (Å²) >= 11 is 0. The van der Waals surface area contributed by atoms with Gasteiger partial charge >= 0.3 is 6.18 Å². The molecule has 0 spiro atoms. The number of nitrogens with zero attached hydrogens (tertiary/aromatic N) is 2. The van der Waals surface area contributed by atoms with Crippen LogP contribution in [0.2, 0.25) is 0 Å². The van der Waals surface area contributed by atoms with Crippen molar-refractivity contribution in [1.29, 1.82) is 0 Å². The molecule has 0 saturated heterocycles. The van der Waals surface area contributed by atoms with Gasteiger partial charge in [0.25, 0.3) is 5.91 Å². The van der Waals surface area contributed by atoms with E-state index in [1.807, 2.05) is 0 Å². The number of carbonyl (C=O) groups is 1. The Bertz CT molecular complexity index is 988. The first-order valence-corrected chi connectivity index (χ1v) is 8.18. The van der Waals surface area contributed by atoms with Crippen molar-refractivity contribution in [1.82, 2.24) is 15.3 Å². The Morgan fingerprint density at radius 3 is 2.59 bits per heavy atom. The van der Waals surface area contributed by atoms with Gasteiger partial charge in [0.05, 0.1) is 23.3 Å². The molecule has 0 bridgehead atoms. The molecule has 1 aromatic carbocycles. The van der Waals surface area contributed by atoms with Crippen molar-refractivity contribution in [2.24, 2.45) is 0 Å². The number of aryl methyl sites for hydroxylation is 1. The maximum atomic E-state index is 13.5. The second-order valence-electron chi connectivity index (χ2n) is 6.00. The second kappa shape index (κ2) is 7.22. The largest absolute Gasteiger partial charge is 0.418 e. The van der Waals surface area contributed by atoms with E-state index < -0.39 is 17.6 Å². The van der Waals surface area contributed by atoms with Gasteiger partial charge in [0, 0.05) is 24.3 Å². The lowest BCUT2D eigenvalue weighted by atomic mass is 10.0. The van der Waals surface area contributed by atoms with Crippen LogP contribution in [0, 0.1) is 6.92 Å². The third kappa shape index (κ3) is 3.99. The van der Waals surface area contributed by atoms with Crippen molar-refractivity contribution in [3.8, 4) is 0 Å². The highest BCUT2D eigenvalue weighted by Crippen LogP contribution is 2.37. The number of aromatic nitrogens is 2. The lowest BCUT2D eigenvalue weighted by molar-refractivity contribution is -0.136. The maximum absolute atomic E-state index is 13.5. The van der Waals surface area contributed by atoms with E-state index >= 15 is 0 Å². The Labute approximate surface area is 153 Å². The van der Waals surface area contributed by atoms with E-state index in [0.717, 1.165) is 6.07 Å². The van der Waals surface area contributed by atoms with Crippen LogP contribution in [0.15, 0.2) is 42.6 Å². The second-order valence-corrected chi connectivity index (χ2v) is 6.00. The molecule has 140 valence electrons. The van der Waals surface area contributed by atoms with Gasteiger partial charge in [-0.3, -0.25) is 9.78 Å². The van der Waals surface area contributed by atoms with Gasteiger partial charge in [0.2, 0.25) is 0 Å². The summed E-state index contributed by atoms with van der Waals surface area (Å²) in [6, 6.07) is 9.32. The van der Waals surface area contributed by atoms with Crippen LogP contribution in [-0.4, -0.2) is 22.9 Å². The fraction of sp³-hybridized carbons (Fsp3) is 0.211. The quantitative estimate of drug-likeness (QED) is 0.726. The normalized spacial score (nSPS) is 11.4. The predicted molar refractivity (Wildman–Crippen MR) is 96.4 cm³/mol. The molecular weight excluding hydrogens is 357 g/mol. The highest BCUT2D eigenvalue weighted by Gasteiger charge is 2.34. The number of pyridine rings is 2. The van der Waals surface area contributed by atoms with Crippen LogP contribution in [-0.2, 0) is 12.7 Å². The van der Waals surface area contributed by atoms with Gasteiger partial charge in [-0.2, -0.15) is 13.2 Å². The first-order chi connectivity index (χ1) is 12.8. The molecule has 0 radical (unpaired) electrons. The van der Waals surface area contributed by atoms with E-state index in [1.54, 1.807) is 44.4 Å². The van der Waals surface area contributed by atoms with Crippen LogP contribution >= 0.6 is 0 Å². The SMILES string of the molecule is CNc1cc(C(F)(F)F)c2nc(C(=O)NCc3ccccn3)cc(C)c2c1. The minimum absolute atomic E-state index is 0.0707. The molecule has 0 unspecified atom stereocenters. The Hall–Kier alpha value is -3.16. The number of anilines is 1. The number of rotatable bonds is 4. The zero-order chi connectivity index (χ0) is 19.6. The Balaban J connectivity index is 2.01. The first-order valence-electron chi connectivity index (χ1n) is 8.18. The van der Waals surface area contributed by atoms with Crippen molar-refractivity contribution >= 4 is 22.5 Å². The lowest BCUT2D eigenvalue weighted by Gasteiger charge is -2.15. The van der Waals surface area contributed by atoms with Gasteiger partial charge < -0.3 is 10.6 Å². The van der Waals surface area contributed by atoms with Gasteiger partial charge in [-0.1, -0.05) is 6.07 Å². The van der Waals surface area contributed by atoms with Gasteiger partial charge in [-0.05, 0) is 42.8 Å². The lowest BCUT2D eigenvalue weighted by Crippen LogP contribution is -2.24. The highest BCUT2D eigenvalue weighted by atomic mass is 19.4. The number of amides is 1. The predicted octanol–water partition coefficient (Wildman–Crippen LogP) is 3.93. The first kappa shape index (κ1) is 18.6. The van der Waals surface area contributed by atoms with Crippen LogP contribution in [0.25, 0.3) is 10.9 Å². The molecule has 3 aromatic rings. The molecule has 0 aliphatic carbocycles. The van der Waals surface area contributed by atoms with Crippen LogP contribution in [0.1, 0.15) is 27.3 Å². The summed E-state index contributed by atoms with van der Waals surface area (Å²) in [5, 5.41) is 5.69. The summed E-state index contributed by atoms with van der Waals surface area (Å²) in [6.07, 6.45) is -3.00. The van der Waals surface area contributed by atoms with Gasteiger partial charge in [-0.25, -0.2) is 4.98 Å². The number of hydrogen-bond donors (Lipinski definition) is 2. The van der Waals surface area contributed by atoms with Crippen LogP contribution in [0.3, 0.4) is 0 Å². The van der Waals surface area contributed by atoms with Crippen LogP contribution < -0.4 is 10.6 Å². The van der Waals surface area contributed by atoms with Crippen molar-refractivity contribution in [2.75, 3.05) is 12.4 Å². The van der Waals surface area contributed by atoms with Crippen molar-refractivity contribution in [2.45, 2.75) is 19.6 Å². The van der Waals surface area contributed by atoms with Crippen molar-refractivity contribution in [3.63, 3.8) is 0 Å². The smallest absolute Gasteiger partial charge is 0.388 e. The minimum Gasteiger partial charge on any atom is -0.388 e. The number of nitrogens with one attached hydrogen (secondary N) is 2. The molecule has 2 N–H and O–H groups in total. The number of hydrogen-bond acceptors (Lipinski definition) is 4. The molecule has 0 saturated carbocycles. The van der Waals surface area contributed by atoms with Gasteiger partial charge in [0.15, 0.2) is 0 Å². The maximum Gasteiger partial charge on any atom is 0.418 e. The number of carbonyl (C=O) groups excluding carboxylic acids is 1. The summed E-state index contributed by atoms with van der Waals surface area (Å²) in [5.74, 6) is -0.559. The number of fused-ring (bicyclic) bond motifs is 1. The Kier molecular flexibility index (Phi) is 4.98. The molecule has 0 fully saturated rings. The highest BCUT2D eigenvalue weighted by molar-refractivity contribution is 5.97. The fourth-order valence-corrected chi connectivity index (χ4v) is 2.73. The van der Waals surface area contributed by atoms with E-state index in [4.69, 9.17) is 0 Å². The fourth-order valence-electron chi connectivity index (χ4n) is 2.73. The average Bonchev–Trinajstić information content (AvgIpc) is 2.65. The molecule has 27 heavy (non-hydrogen) atoms. The van der Waals surface area contributed by atoms with Crippen molar-refractivity contribution in [3.05, 3.63) is 65.1 Å². The molecule has 0 aliphatic rings. The third-order valence-electron chi connectivity index (χ3n) is 4.10. The zero-order valence-corrected chi connectivity index (χ0v) is 14.7. The molecule has 0 aliphatic heterocycles. The molecule has 5 nitrogen and oxygen atoms in total. The minimum atomic E-state index is -4.59. The molecule has 0 atom stereocenters. The molecule has 3 rings (SSSR count). The van der Waals surface area contributed by atoms with E-state index in [9.17, 15) is 18.0 Å². The van der Waals surface area contributed by atoms with Crippen LogP contribution in [0.4, 0.5) is 18.9 Å². The Morgan fingerprint density at radius 1 is 1.19 bits per heavy atom. The van der Waals surface area contributed by atoms with Gasteiger partial charge in [-0.15, -0.1) is 0 Å². The zero-order valence-electron chi connectivity index (χ0n) is 14.7. The number of benzene rings is 1. The summed E-state index contributed by atoms with van der Waals surface area (Å²) < 4.78 is 40.5. The van der Waals surface area contributed by atoms with E-state index in [0.29, 0.717) is 22.3 Å². The molecule has 1 amide bonds. The molecule has 2 aromatic heterocycles. The standard InChI is InChI=1S/C19H17F3N4O/c1-11-7-16(18(27)25-10-12-5-3-4-6-24-12)26-17-14(11)8-13(23-2)9-15(17)19(20,21)22/h3-9,23H,10H2,1-2H3,(H,25,27). The summed E-state index contributed by atoms with van der Waals surface area (Å²) in [5.41, 5.74) is 0.297. The van der Waals surface area contributed by atoms with Crippen molar-refractivity contribution < 1.29 is 18.0 Å². The molecule has 2 heterocycles. The van der Waals surface area contributed by atoms with E-state index in [2.05, 4.69) is 20.6 Å². The van der Waals surface area contributed by atoms with Crippen LogP contribution in [0.5, 0.6) is 0 Å². The van der Waals surface area contributed by atoms with Gasteiger partial charge in [0.1, 0.15) is 5.69 Å². The molecular formula is C19H17F3N4O. The number of halogens is 3. The topological polar surface area (TPSA) is 66.9 Å². The average molecular weight is 374 g/mol.